The van der Waals surface area contributed by atoms with E-state index in [-0.39, 0.29) is 11.8 Å². The normalized spacial score (nSPS) is 13.0. The van der Waals surface area contributed by atoms with Crippen molar-refractivity contribution < 1.29 is 9.53 Å². The second-order valence-corrected chi connectivity index (χ2v) is 4.29. The van der Waals surface area contributed by atoms with Crippen LogP contribution in [-0.2, 0) is 11.8 Å². The Morgan fingerprint density at radius 3 is 2.76 bits per heavy atom. The maximum absolute atomic E-state index is 12.1. The Morgan fingerprint density at radius 2 is 2.29 bits per heavy atom. The van der Waals surface area contributed by atoms with Gasteiger partial charge < -0.3 is 9.30 Å². The first-order chi connectivity index (χ1) is 8.10. The summed E-state index contributed by atoms with van der Waals surface area (Å²) < 4.78 is 6.98. The number of hydrogen-bond acceptors (Lipinski definition) is 3. The zero-order chi connectivity index (χ0) is 12.8. The molecule has 0 saturated carbocycles. The second-order valence-electron chi connectivity index (χ2n) is 4.29. The smallest absolute Gasteiger partial charge is 0.193 e. The molecule has 1 aromatic heterocycles. The van der Waals surface area contributed by atoms with E-state index in [2.05, 4.69) is 18.7 Å². The lowest BCUT2D eigenvalue weighted by Gasteiger charge is -2.26. The predicted octanol–water partition coefficient (Wildman–Crippen LogP) is 1.56. The van der Waals surface area contributed by atoms with Gasteiger partial charge >= 0.3 is 0 Å². The van der Waals surface area contributed by atoms with Gasteiger partial charge in [-0.15, -0.1) is 0 Å². The molecule has 0 aliphatic rings. The molecule has 1 rings (SSSR count). The average molecular weight is 238 g/mol. The molecule has 96 valence electrons. The molecule has 4 nitrogen and oxygen atoms in total. The van der Waals surface area contributed by atoms with Crippen LogP contribution in [-0.4, -0.2) is 48.1 Å². The first-order valence-electron chi connectivity index (χ1n) is 5.97. The third-order valence-corrected chi connectivity index (χ3v) is 3.01. The molecule has 0 fully saturated rings. The monoisotopic (exact) mass is 238 g/mol. The summed E-state index contributed by atoms with van der Waals surface area (Å²) in [5.41, 5.74) is 0.757. The lowest BCUT2D eigenvalue weighted by Crippen LogP contribution is -2.40. The fourth-order valence-electron chi connectivity index (χ4n) is 1.94. The lowest BCUT2D eigenvalue weighted by molar-refractivity contribution is 0.0781. The Labute approximate surface area is 103 Å². The van der Waals surface area contributed by atoms with E-state index in [4.69, 9.17) is 4.74 Å². The van der Waals surface area contributed by atoms with Crippen LogP contribution in [0.15, 0.2) is 18.3 Å². The van der Waals surface area contributed by atoms with Crippen LogP contribution in [0.4, 0.5) is 0 Å². The summed E-state index contributed by atoms with van der Waals surface area (Å²) >= 11 is 0. The van der Waals surface area contributed by atoms with Crippen molar-refractivity contribution in [3.05, 3.63) is 24.0 Å². The molecular formula is C13H22N2O2. The number of carbonyl (C=O) groups excluding carboxylic acids is 1. The molecule has 0 bridgehead atoms. The number of methoxy groups -OCH3 is 1. The van der Waals surface area contributed by atoms with E-state index < -0.39 is 0 Å². The van der Waals surface area contributed by atoms with Crippen LogP contribution in [0.2, 0.25) is 0 Å². The molecule has 1 heterocycles. The minimum atomic E-state index is 0.155. The summed E-state index contributed by atoms with van der Waals surface area (Å²) in [4.78, 5) is 14.2. The van der Waals surface area contributed by atoms with E-state index in [0.29, 0.717) is 13.2 Å². The number of Topliss-reactive ketones (excluding diaryl/α,β-unsaturated/α-hetero) is 1. The van der Waals surface area contributed by atoms with E-state index in [9.17, 15) is 4.79 Å². The molecule has 1 aromatic rings. The molecule has 0 aromatic carbocycles. The predicted molar refractivity (Wildman–Crippen MR) is 68.3 cm³/mol. The van der Waals surface area contributed by atoms with Gasteiger partial charge in [-0.25, -0.2) is 0 Å². The van der Waals surface area contributed by atoms with E-state index in [1.165, 1.54) is 0 Å². The quantitative estimate of drug-likeness (QED) is 0.676. The molecule has 0 aliphatic heterocycles. The van der Waals surface area contributed by atoms with Gasteiger partial charge in [0.2, 0.25) is 0 Å². The Balaban J connectivity index is 2.63. The first kappa shape index (κ1) is 13.9. The average Bonchev–Trinajstić information content (AvgIpc) is 2.72. The molecule has 0 N–H and O–H groups in total. The lowest BCUT2D eigenvalue weighted by atomic mass is 10.2. The highest BCUT2D eigenvalue weighted by molar-refractivity contribution is 5.96. The number of hydrogen-bond donors (Lipinski definition) is 0. The van der Waals surface area contributed by atoms with Crippen LogP contribution in [0, 0.1) is 0 Å². The summed E-state index contributed by atoms with van der Waals surface area (Å²) in [5, 5.41) is 0. The summed E-state index contributed by atoms with van der Waals surface area (Å²) in [5.74, 6) is 0.155. The first-order valence-corrected chi connectivity index (χ1v) is 5.97. The molecule has 17 heavy (non-hydrogen) atoms. The number of rotatable bonds is 7. The highest BCUT2D eigenvalue weighted by atomic mass is 16.5. The van der Waals surface area contributed by atoms with E-state index in [1.807, 2.05) is 29.9 Å². The van der Waals surface area contributed by atoms with Gasteiger partial charge in [-0.1, -0.05) is 6.92 Å². The molecule has 0 amide bonds. The molecule has 0 aliphatic carbocycles. The minimum Gasteiger partial charge on any atom is -0.383 e. The molecule has 0 saturated heterocycles. The van der Waals surface area contributed by atoms with Crippen molar-refractivity contribution in [2.24, 2.45) is 7.05 Å². The Bertz CT molecular complexity index is 360. The second kappa shape index (κ2) is 6.57. The highest BCUT2D eigenvalue weighted by Gasteiger charge is 2.17. The van der Waals surface area contributed by atoms with Gasteiger partial charge in [0, 0.05) is 26.4 Å². The van der Waals surface area contributed by atoms with Gasteiger partial charge in [-0.3, -0.25) is 9.69 Å². The van der Waals surface area contributed by atoms with Gasteiger partial charge in [0.15, 0.2) is 5.78 Å². The van der Waals surface area contributed by atoms with Crippen LogP contribution < -0.4 is 0 Å². The van der Waals surface area contributed by atoms with Crippen molar-refractivity contribution in [3.8, 4) is 0 Å². The van der Waals surface area contributed by atoms with Gasteiger partial charge in [0.1, 0.15) is 0 Å². The van der Waals surface area contributed by atoms with E-state index in [1.54, 1.807) is 7.11 Å². The van der Waals surface area contributed by atoms with Crippen molar-refractivity contribution >= 4 is 5.78 Å². The fraction of sp³-hybridized carbons (Fsp3) is 0.615. The third-order valence-electron chi connectivity index (χ3n) is 3.01. The Hall–Kier alpha value is -1.13. The van der Waals surface area contributed by atoms with Crippen molar-refractivity contribution in [2.75, 3.05) is 26.8 Å². The van der Waals surface area contributed by atoms with Crippen LogP contribution in [0.5, 0.6) is 0 Å². The molecule has 0 spiro atoms. The zero-order valence-electron chi connectivity index (χ0n) is 11.1. The summed E-state index contributed by atoms with van der Waals surface area (Å²) in [6, 6.07) is 4.01. The van der Waals surface area contributed by atoms with Crippen molar-refractivity contribution in [1.29, 1.82) is 0 Å². The van der Waals surface area contributed by atoms with E-state index in [0.717, 1.165) is 12.2 Å². The Morgan fingerprint density at radius 1 is 1.59 bits per heavy atom. The standard InChI is InChI=1S/C13H22N2O2/c1-5-15(11(2)10-17-4)9-13(16)12-7-6-8-14(12)3/h6-8,11H,5,9-10H2,1-4H3. The van der Waals surface area contributed by atoms with Crippen molar-refractivity contribution in [3.63, 3.8) is 0 Å². The Kier molecular flexibility index (Phi) is 5.38. The van der Waals surface area contributed by atoms with Crippen molar-refractivity contribution in [2.45, 2.75) is 19.9 Å². The number of aromatic nitrogens is 1. The van der Waals surface area contributed by atoms with Crippen LogP contribution in [0.3, 0.4) is 0 Å². The number of ether oxygens (including phenoxy) is 1. The molecule has 0 radical (unpaired) electrons. The zero-order valence-corrected chi connectivity index (χ0v) is 11.1. The number of likely N-dealkylation sites (N-methyl/N-ethyl adjacent to an activating group) is 1. The van der Waals surface area contributed by atoms with Gasteiger partial charge in [0.25, 0.3) is 0 Å². The minimum absolute atomic E-state index is 0.155. The fourth-order valence-corrected chi connectivity index (χ4v) is 1.94. The molecule has 1 unspecified atom stereocenters. The van der Waals surface area contributed by atoms with Gasteiger partial charge in [-0.2, -0.15) is 0 Å². The van der Waals surface area contributed by atoms with Crippen LogP contribution in [0.25, 0.3) is 0 Å². The topological polar surface area (TPSA) is 34.5 Å². The summed E-state index contributed by atoms with van der Waals surface area (Å²) in [6.07, 6.45) is 1.89. The maximum atomic E-state index is 12.1. The molecular weight excluding hydrogens is 216 g/mol. The number of aryl methyl sites for hydroxylation is 1. The number of carbonyl (C=O) groups is 1. The maximum Gasteiger partial charge on any atom is 0.193 e. The molecule has 1 atom stereocenters. The van der Waals surface area contributed by atoms with E-state index >= 15 is 0 Å². The van der Waals surface area contributed by atoms with Gasteiger partial charge in [0.05, 0.1) is 18.8 Å². The van der Waals surface area contributed by atoms with Crippen LogP contribution >= 0.6 is 0 Å². The third kappa shape index (κ3) is 3.68. The largest absolute Gasteiger partial charge is 0.383 e. The highest BCUT2D eigenvalue weighted by Crippen LogP contribution is 2.05. The summed E-state index contributed by atoms with van der Waals surface area (Å²) in [6.45, 7) is 6.07. The number of ketones is 1. The SMILES string of the molecule is CCN(CC(=O)c1cccn1C)C(C)COC. The summed E-state index contributed by atoms with van der Waals surface area (Å²) in [7, 11) is 3.57. The van der Waals surface area contributed by atoms with Gasteiger partial charge in [-0.05, 0) is 25.6 Å². The van der Waals surface area contributed by atoms with Crippen molar-refractivity contribution in [1.82, 2.24) is 9.47 Å². The molecule has 4 heteroatoms. The number of nitrogens with zero attached hydrogens (tertiary/aromatic N) is 2. The van der Waals surface area contributed by atoms with Crippen LogP contribution in [0.1, 0.15) is 24.3 Å².